The predicted molar refractivity (Wildman–Crippen MR) is 90.1 cm³/mol. The van der Waals surface area contributed by atoms with E-state index >= 15 is 0 Å². The van der Waals surface area contributed by atoms with E-state index in [2.05, 4.69) is 22.1 Å². The number of nitrogens with two attached hydrogens (primary N) is 1. The number of nitrogens with zero attached hydrogens (tertiary/aromatic N) is 2. The van der Waals surface area contributed by atoms with Gasteiger partial charge in [0.05, 0.1) is 21.4 Å². The third-order valence-electron chi connectivity index (χ3n) is 3.86. The molecule has 22 heavy (non-hydrogen) atoms. The molecule has 0 atom stereocenters. The smallest absolute Gasteiger partial charge is 0.221 e. The largest absolute Gasteiger partial charge is 0.368 e. The molecular weight excluding hydrogens is 317 g/mol. The van der Waals surface area contributed by atoms with Gasteiger partial charge < -0.3 is 5.73 Å². The molecule has 0 bridgehead atoms. The van der Waals surface area contributed by atoms with Gasteiger partial charge in [0, 0.05) is 23.1 Å². The van der Waals surface area contributed by atoms with Gasteiger partial charge in [-0.25, -0.2) is 9.97 Å². The summed E-state index contributed by atoms with van der Waals surface area (Å²) in [6.07, 6.45) is 0.793. The van der Waals surface area contributed by atoms with Crippen LogP contribution >= 0.6 is 23.2 Å². The first-order chi connectivity index (χ1) is 10.6. The maximum Gasteiger partial charge on any atom is 0.221 e. The second-order valence-corrected chi connectivity index (χ2v) is 6.03. The average Bonchev–Trinajstić information content (AvgIpc) is 2.88. The lowest BCUT2D eigenvalue weighted by Crippen LogP contribution is -2.01. The minimum absolute atomic E-state index is 0.261. The summed E-state index contributed by atoms with van der Waals surface area (Å²) >= 11 is 12.1. The molecule has 1 aliphatic rings. The number of aromatic nitrogens is 2. The average molecular weight is 328 g/mol. The van der Waals surface area contributed by atoms with Gasteiger partial charge in [0.25, 0.3) is 0 Å². The van der Waals surface area contributed by atoms with E-state index in [9.17, 15) is 0 Å². The first kappa shape index (κ1) is 13.6. The first-order valence-corrected chi connectivity index (χ1v) is 7.59. The Morgan fingerprint density at radius 3 is 2.50 bits per heavy atom. The van der Waals surface area contributed by atoms with Gasteiger partial charge in [-0.1, -0.05) is 53.5 Å². The van der Waals surface area contributed by atoms with Crippen LogP contribution < -0.4 is 5.73 Å². The summed E-state index contributed by atoms with van der Waals surface area (Å²) in [6, 6.07) is 13.7. The van der Waals surface area contributed by atoms with Crippen LogP contribution in [0.5, 0.6) is 0 Å². The highest BCUT2D eigenvalue weighted by molar-refractivity contribution is 6.42. The molecule has 1 aliphatic carbocycles. The molecular formula is C17H11Cl2N3. The van der Waals surface area contributed by atoms with Gasteiger partial charge in [-0.2, -0.15) is 0 Å². The lowest BCUT2D eigenvalue weighted by molar-refractivity contribution is 1.14. The fraction of sp³-hybridized carbons (Fsp3) is 0.0588. The fourth-order valence-electron chi connectivity index (χ4n) is 2.87. The lowest BCUT2D eigenvalue weighted by Gasteiger charge is -2.09. The zero-order valence-electron chi connectivity index (χ0n) is 11.5. The van der Waals surface area contributed by atoms with Crippen LogP contribution in [-0.4, -0.2) is 9.97 Å². The number of nitrogen functional groups attached to an aromatic ring is 1. The van der Waals surface area contributed by atoms with Crippen molar-refractivity contribution in [3.05, 3.63) is 63.6 Å². The van der Waals surface area contributed by atoms with Crippen LogP contribution in [0.25, 0.3) is 22.5 Å². The molecule has 1 aromatic heterocycles. The molecule has 0 amide bonds. The van der Waals surface area contributed by atoms with Crippen LogP contribution in [0.15, 0.2) is 42.5 Å². The molecule has 0 radical (unpaired) electrons. The number of anilines is 1. The van der Waals surface area contributed by atoms with Gasteiger partial charge in [-0.15, -0.1) is 0 Å². The van der Waals surface area contributed by atoms with Crippen LogP contribution in [0.2, 0.25) is 10.0 Å². The summed E-state index contributed by atoms with van der Waals surface area (Å²) in [4.78, 5) is 8.86. The molecule has 0 spiro atoms. The second-order valence-electron chi connectivity index (χ2n) is 5.22. The van der Waals surface area contributed by atoms with Gasteiger partial charge in [-0.3, -0.25) is 0 Å². The maximum atomic E-state index is 6.14. The van der Waals surface area contributed by atoms with Crippen molar-refractivity contribution >= 4 is 29.2 Å². The van der Waals surface area contributed by atoms with Gasteiger partial charge in [0.2, 0.25) is 5.95 Å². The molecule has 0 fully saturated rings. The van der Waals surface area contributed by atoms with Crippen LogP contribution in [-0.2, 0) is 6.42 Å². The van der Waals surface area contributed by atoms with Crippen LogP contribution in [0.3, 0.4) is 0 Å². The molecule has 0 saturated heterocycles. The van der Waals surface area contributed by atoms with E-state index in [4.69, 9.17) is 28.9 Å². The molecule has 3 aromatic rings. The van der Waals surface area contributed by atoms with Crippen molar-refractivity contribution in [2.75, 3.05) is 5.73 Å². The van der Waals surface area contributed by atoms with E-state index in [0.717, 1.165) is 34.5 Å². The summed E-state index contributed by atoms with van der Waals surface area (Å²) in [5.74, 6) is 0.261. The van der Waals surface area contributed by atoms with Crippen molar-refractivity contribution in [2.45, 2.75) is 6.42 Å². The third-order valence-corrected chi connectivity index (χ3v) is 4.60. The summed E-state index contributed by atoms with van der Waals surface area (Å²) in [5, 5.41) is 1.02. The van der Waals surface area contributed by atoms with Gasteiger partial charge in [-0.05, 0) is 17.7 Å². The summed E-state index contributed by atoms with van der Waals surface area (Å²) in [7, 11) is 0. The Morgan fingerprint density at radius 2 is 1.68 bits per heavy atom. The minimum atomic E-state index is 0.261. The minimum Gasteiger partial charge on any atom is -0.368 e. The Morgan fingerprint density at radius 1 is 0.909 bits per heavy atom. The molecule has 0 unspecified atom stereocenters. The van der Waals surface area contributed by atoms with Crippen LogP contribution in [0.1, 0.15) is 11.1 Å². The maximum absolute atomic E-state index is 6.14. The summed E-state index contributed by atoms with van der Waals surface area (Å²) < 4.78 is 0. The number of rotatable bonds is 1. The number of hydrogen-bond donors (Lipinski definition) is 1. The molecule has 2 N–H and O–H groups in total. The van der Waals surface area contributed by atoms with E-state index in [0.29, 0.717) is 10.0 Å². The zero-order chi connectivity index (χ0) is 15.3. The number of hydrogen-bond acceptors (Lipinski definition) is 3. The summed E-state index contributed by atoms with van der Waals surface area (Å²) in [5.41, 5.74) is 12.0. The van der Waals surface area contributed by atoms with Crippen molar-refractivity contribution in [3.8, 4) is 22.5 Å². The topological polar surface area (TPSA) is 51.8 Å². The highest BCUT2D eigenvalue weighted by Gasteiger charge is 2.24. The van der Waals surface area contributed by atoms with Crippen LogP contribution in [0.4, 0.5) is 5.95 Å². The molecule has 0 aliphatic heterocycles. The van der Waals surface area contributed by atoms with Crippen molar-refractivity contribution < 1.29 is 0 Å². The van der Waals surface area contributed by atoms with Gasteiger partial charge >= 0.3 is 0 Å². The van der Waals surface area contributed by atoms with Crippen molar-refractivity contribution in [1.29, 1.82) is 0 Å². The van der Waals surface area contributed by atoms with Gasteiger partial charge in [0.1, 0.15) is 0 Å². The first-order valence-electron chi connectivity index (χ1n) is 6.83. The van der Waals surface area contributed by atoms with Gasteiger partial charge in [0.15, 0.2) is 0 Å². The fourth-order valence-corrected chi connectivity index (χ4v) is 3.17. The Hall–Kier alpha value is -2.10. The molecule has 0 saturated carbocycles. The van der Waals surface area contributed by atoms with E-state index in [-0.39, 0.29) is 5.95 Å². The Labute approximate surface area is 137 Å². The standard InChI is InChI=1S/C17H11Cl2N3/c18-13-6-5-10(8-14(13)19)15-12-7-9-3-1-2-4-11(9)16(12)22-17(20)21-15/h1-6,8H,7H2,(H2,20,21,22). The summed E-state index contributed by atoms with van der Waals surface area (Å²) in [6.45, 7) is 0. The molecule has 1 heterocycles. The zero-order valence-corrected chi connectivity index (χ0v) is 13.0. The monoisotopic (exact) mass is 327 g/mol. The quantitative estimate of drug-likeness (QED) is 0.555. The molecule has 5 heteroatoms. The van der Waals surface area contributed by atoms with Crippen LogP contribution in [0, 0.1) is 0 Å². The third kappa shape index (κ3) is 2.05. The number of benzene rings is 2. The Balaban J connectivity index is 1.96. The van der Waals surface area contributed by atoms with Crippen molar-refractivity contribution in [2.24, 2.45) is 0 Å². The lowest BCUT2D eigenvalue weighted by atomic mass is 10.0. The Bertz CT molecular complexity index is 906. The number of fused-ring (bicyclic) bond motifs is 3. The number of halogens is 2. The van der Waals surface area contributed by atoms with E-state index in [1.54, 1.807) is 6.07 Å². The predicted octanol–water partition coefficient (Wildman–Crippen LogP) is 4.60. The SMILES string of the molecule is Nc1nc(-c2ccc(Cl)c(Cl)c2)c2c(n1)-c1ccccc1C2. The Kier molecular flexibility index (Phi) is 3.06. The molecule has 4 rings (SSSR count). The van der Waals surface area contributed by atoms with Crippen molar-refractivity contribution in [3.63, 3.8) is 0 Å². The highest BCUT2D eigenvalue weighted by atomic mass is 35.5. The van der Waals surface area contributed by atoms with E-state index in [1.165, 1.54) is 5.56 Å². The normalized spacial score (nSPS) is 12.1. The van der Waals surface area contributed by atoms with Crippen molar-refractivity contribution in [1.82, 2.24) is 9.97 Å². The molecule has 108 valence electrons. The molecule has 2 aromatic carbocycles. The van der Waals surface area contributed by atoms with E-state index < -0.39 is 0 Å². The molecule has 3 nitrogen and oxygen atoms in total. The van der Waals surface area contributed by atoms with E-state index in [1.807, 2.05) is 24.3 Å². The highest BCUT2D eigenvalue weighted by Crippen LogP contribution is 2.40. The second kappa shape index (κ2) is 4.97.